The summed E-state index contributed by atoms with van der Waals surface area (Å²) in [4.78, 5) is 61.7. The standard InChI is InChI=1S/C48H54F3N7O9S2/c1-28(2)41(55-30(4)59)44(62)56-26-36(60)23-39(56)43(61)53-25-33-8-7-31(42-29(3)54-27-69-42)21-40(33)67-20-18-65-16-15-64-17-19-66-37-13-11-34(12-14-37)58-46(68)57(45(63)47(58,5)6)35-10-9-32(24-52)38(22-35)48(49,50)51/h7-14,21-22,27-28,36,39,41,60H,15-20,23,25-26H2,1-6H3,(H,53,61)(H,55,59)/t36-,39+,41+/m1/s1. The Bertz CT molecular complexity index is 2570. The molecule has 0 unspecified atom stereocenters. The van der Waals surface area contributed by atoms with Crippen molar-refractivity contribution in [2.24, 2.45) is 5.92 Å². The molecule has 2 aliphatic heterocycles. The maximum atomic E-state index is 13.7. The molecular formula is C48H54F3N7O9S2. The number of likely N-dealkylation sites (tertiary alicyclic amines) is 1. The van der Waals surface area contributed by atoms with Crippen molar-refractivity contribution in [2.45, 2.75) is 84.4 Å². The van der Waals surface area contributed by atoms with Crippen molar-refractivity contribution in [3.05, 3.63) is 88.6 Å². The second kappa shape index (κ2) is 22.5. The molecule has 4 amide bonds. The molecule has 2 saturated heterocycles. The molecule has 2 fully saturated rings. The lowest BCUT2D eigenvalue weighted by atomic mass is 10.0. The first kappa shape index (κ1) is 52.2. The SMILES string of the molecule is CC(=O)N[C@H](C(=O)N1C[C@H](O)C[C@H]1C(=O)NCc1ccc(-c2scnc2C)cc1OCCOCCOCCOc1ccc(N2C(=S)N(c3ccc(C#N)c(C(F)(F)F)c3)C(=O)C2(C)C)cc1)C(C)C. The van der Waals surface area contributed by atoms with E-state index in [-0.39, 0.29) is 81.8 Å². The molecule has 1 aromatic heterocycles. The Hall–Kier alpha value is -6.18. The van der Waals surface area contributed by atoms with Crippen LogP contribution in [0.15, 0.2) is 66.2 Å². The number of thiocarbonyl (C=S) groups is 1. The van der Waals surface area contributed by atoms with E-state index in [4.69, 9.17) is 31.2 Å². The number of hydrogen-bond donors (Lipinski definition) is 3. The first-order valence-electron chi connectivity index (χ1n) is 22.1. The van der Waals surface area contributed by atoms with E-state index < -0.39 is 58.8 Å². The number of alkyl halides is 3. The number of aromatic nitrogens is 1. The second-order valence-electron chi connectivity index (χ2n) is 17.2. The van der Waals surface area contributed by atoms with Crippen LogP contribution in [0.3, 0.4) is 0 Å². The highest BCUT2D eigenvalue weighted by Gasteiger charge is 2.51. The summed E-state index contributed by atoms with van der Waals surface area (Å²) in [7, 11) is 0. The lowest BCUT2D eigenvalue weighted by Gasteiger charge is -2.30. The van der Waals surface area contributed by atoms with Gasteiger partial charge in [-0.15, -0.1) is 11.3 Å². The fraction of sp³-hybridized carbons (Fsp3) is 0.438. The van der Waals surface area contributed by atoms with Crippen molar-refractivity contribution in [2.75, 3.05) is 56.0 Å². The van der Waals surface area contributed by atoms with Gasteiger partial charge in [0.15, 0.2) is 5.11 Å². The van der Waals surface area contributed by atoms with Gasteiger partial charge in [-0.05, 0) is 93.0 Å². The fourth-order valence-corrected chi connectivity index (χ4v) is 9.30. The normalized spacial score (nSPS) is 17.3. The highest BCUT2D eigenvalue weighted by atomic mass is 32.1. The molecular weight excluding hydrogens is 940 g/mol. The first-order chi connectivity index (χ1) is 32.7. The van der Waals surface area contributed by atoms with Gasteiger partial charge in [0.1, 0.15) is 42.3 Å². The third kappa shape index (κ3) is 12.4. The number of rotatable bonds is 20. The number of carbonyl (C=O) groups is 4. The molecule has 3 heterocycles. The third-order valence-corrected chi connectivity index (χ3v) is 12.8. The van der Waals surface area contributed by atoms with Crippen LogP contribution in [0.1, 0.15) is 63.4 Å². The minimum Gasteiger partial charge on any atom is -0.491 e. The molecule has 6 rings (SSSR count). The Balaban J connectivity index is 0.956. The summed E-state index contributed by atoms with van der Waals surface area (Å²) in [6.07, 6.45) is -5.64. The predicted octanol–water partition coefficient (Wildman–Crippen LogP) is 6.16. The van der Waals surface area contributed by atoms with E-state index in [0.29, 0.717) is 22.7 Å². The van der Waals surface area contributed by atoms with Gasteiger partial charge >= 0.3 is 6.18 Å². The van der Waals surface area contributed by atoms with E-state index in [1.807, 2.05) is 25.1 Å². The van der Waals surface area contributed by atoms with E-state index in [9.17, 15) is 42.7 Å². The molecule has 21 heteroatoms. The molecule has 3 atom stereocenters. The van der Waals surface area contributed by atoms with Crippen LogP contribution in [0.5, 0.6) is 11.5 Å². The minimum absolute atomic E-state index is 0.0204. The molecule has 69 heavy (non-hydrogen) atoms. The van der Waals surface area contributed by atoms with Crippen molar-refractivity contribution >= 4 is 63.7 Å². The largest absolute Gasteiger partial charge is 0.491 e. The van der Waals surface area contributed by atoms with Gasteiger partial charge in [-0.1, -0.05) is 26.0 Å². The summed E-state index contributed by atoms with van der Waals surface area (Å²) in [5.41, 5.74) is 1.64. The summed E-state index contributed by atoms with van der Waals surface area (Å²) in [5.74, 6) is -0.993. The smallest absolute Gasteiger partial charge is 0.417 e. The van der Waals surface area contributed by atoms with Crippen LogP contribution < -0.4 is 29.9 Å². The topological polar surface area (TPSA) is 196 Å². The summed E-state index contributed by atoms with van der Waals surface area (Å²) in [6.45, 7) is 11.5. The van der Waals surface area contributed by atoms with Crippen LogP contribution in [-0.2, 0) is 41.4 Å². The lowest BCUT2D eigenvalue weighted by molar-refractivity contribution is -0.142. The zero-order chi connectivity index (χ0) is 50.2. The Morgan fingerprint density at radius 2 is 1.64 bits per heavy atom. The summed E-state index contributed by atoms with van der Waals surface area (Å²) < 4.78 is 64.6. The molecule has 0 radical (unpaired) electrons. The molecule has 2 aliphatic rings. The maximum absolute atomic E-state index is 13.7. The van der Waals surface area contributed by atoms with E-state index in [1.165, 1.54) is 29.2 Å². The Kier molecular flexibility index (Phi) is 17.0. The highest BCUT2D eigenvalue weighted by molar-refractivity contribution is 7.81. The number of aliphatic hydroxyl groups is 1. The number of halogens is 3. The molecule has 0 spiro atoms. The van der Waals surface area contributed by atoms with Gasteiger partial charge < -0.3 is 44.5 Å². The van der Waals surface area contributed by atoms with Crippen molar-refractivity contribution in [1.82, 2.24) is 20.5 Å². The number of aliphatic hydroxyl groups excluding tert-OH is 1. The van der Waals surface area contributed by atoms with Crippen LogP contribution in [-0.4, -0.2) is 114 Å². The molecule has 4 aromatic rings. The van der Waals surface area contributed by atoms with Crippen LogP contribution in [0.2, 0.25) is 0 Å². The maximum Gasteiger partial charge on any atom is 0.417 e. The number of nitriles is 1. The van der Waals surface area contributed by atoms with Gasteiger partial charge in [0.2, 0.25) is 17.7 Å². The average molecular weight is 994 g/mol. The molecule has 16 nitrogen and oxygen atoms in total. The monoisotopic (exact) mass is 993 g/mol. The number of carbonyl (C=O) groups excluding carboxylic acids is 4. The molecule has 0 bridgehead atoms. The Labute approximate surface area is 407 Å². The second-order valence-corrected chi connectivity index (χ2v) is 18.4. The van der Waals surface area contributed by atoms with Gasteiger partial charge in [-0.2, -0.15) is 18.4 Å². The zero-order valence-corrected chi connectivity index (χ0v) is 40.6. The number of β-amino-alcohol motifs (C(OH)–C–C–N with tert-alkyl or cyclic N) is 1. The van der Waals surface area contributed by atoms with Gasteiger partial charge in [-0.25, -0.2) is 4.98 Å². The quantitative estimate of drug-likeness (QED) is 0.0674. The molecule has 3 N–H and O–H groups in total. The third-order valence-electron chi connectivity index (χ3n) is 11.5. The Morgan fingerprint density at radius 1 is 0.986 bits per heavy atom. The van der Waals surface area contributed by atoms with E-state index >= 15 is 0 Å². The molecule has 368 valence electrons. The summed E-state index contributed by atoms with van der Waals surface area (Å²) in [6, 6.07) is 15.2. The first-order valence-corrected chi connectivity index (χ1v) is 23.4. The van der Waals surface area contributed by atoms with Gasteiger partial charge in [-0.3, -0.25) is 24.1 Å². The minimum atomic E-state index is -4.81. The number of nitrogens with zero attached hydrogens (tertiary/aromatic N) is 5. The predicted molar refractivity (Wildman–Crippen MR) is 255 cm³/mol. The molecule has 3 aromatic carbocycles. The number of nitrogens with one attached hydrogen (secondary N) is 2. The van der Waals surface area contributed by atoms with Crippen LogP contribution in [0, 0.1) is 24.2 Å². The van der Waals surface area contributed by atoms with Gasteiger partial charge in [0.05, 0.1) is 71.5 Å². The molecule has 0 aliphatic carbocycles. The number of ether oxygens (including phenoxy) is 4. The van der Waals surface area contributed by atoms with Crippen LogP contribution in [0.25, 0.3) is 10.4 Å². The van der Waals surface area contributed by atoms with Crippen molar-refractivity contribution in [3.8, 4) is 28.0 Å². The van der Waals surface area contributed by atoms with E-state index in [2.05, 4.69) is 15.6 Å². The molecule has 0 saturated carbocycles. The number of amides is 4. The van der Waals surface area contributed by atoms with Gasteiger partial charge in [0, 0.05) is 37.7 Å². The summed E-state index contributed by atoms with van der Waals surface area (Å²) in [5, 5.41) is 25.2. The van der Waals surface area contributed by atoms with Crippen LogP contribution in [0.4, 0.5) is 24.5 Å². The zero-order valence-electron chi connectivity index (χ0n) is 38.9. The number of hydrogen-bond acceptors (Lipinski definition) is 13. The average Bonchev–Trinajstić information content (AvgIpc) is 3.97. The van der Waals surface area contributed by atoms with Crippen molar-refractivity contribution < 1.29 is 56.4 Å². The van der Waals surface area contributed by atoms with Crippen molar-refractivity contribution in [1.29, 1.82) is 5.26 Å². The number of benzene rings is 3. The van der Waals surface area contributed by atoms with E-state index in [0.717, 1.165) is 33.2 Å². The van der Waals surface area contributed by atoms with Crippen LogP contribution >= 0.6 is 23.6 Å². The Morgan fingerprint density at radius 3 is 2.25 bits per heavy atom. The number of aryl methyl sites for hydroxylation is 1. The highest BCUT2D eigenvalue weighted by Crippen LogP contribution is 2.40. The summed E-state index contributed by atoms with van der Waals surface area (Å²) >= 11 is 7.11. The van der Waals surface area contributed by atoms with E-state index in [1.54, 1.807) is 68.4 Å². The number of anilines is 2. The lowest BCUT2D eigenvalue weighted by Crippen LogP contribution is -2.55. The van der Waals surface area contributed by atoms with Crippen molar-refractivity contribution in [3.63, 3.8) is 0 Å². The van der Waals surface area contributed by atoms with Gasteiger partial charge in [0.25, 0.3) is 5.91 Å². The number of thiazole rings is 1. The fourth-order valence-electron chi connectivity index (χ4n) is 7.97.